The highest BCUT2D eigenvalue weighted by atomic mass is 15.4. The fourth-order valence-corrected chi connectivity index (χ4v) is 3.44. The van der Waals surface area contributed by atoms with Gasteiger partial charge in [-0.05, 0) is 43.9 Å². The zero-order valence-electron chi connectivity index (χ0n) is 10.3. The summed E-state index contributed by atoms with van der Waals surface area (Å²) in [5, 5.41) is 0. The molecule has 2 saturated carbocycles. The van der Waals surface area contributed by atoms with Crippen molar-refractivity contribution in [2.45, 2.75) is 51.0 Å². The van der Waals surface area contributed by atoms with Crippen molar-refractivity contribution in [1.29, 1.82) is 0 Å². The van der Waals surface area contributed by atoms with E-state index in [2.05, 4.69) is 16.8 Å². The van der Waals surface area contributed by atoms with Crippen molar-refractivity contribution in [3.05, 3.63) is 0 Å². The summed E-state index contributed by atoms with van der Waals surface area (Å²) in [6.45, 7) is 4.45. The lowest BCUT2D eigenvalue weighted by atomic mass is 9.94. The fraction of sp³-hybridized carbons (Fsp3) is 0.923. The molecule has 2 fully saturated rings. The summed E-state index contributed by atoms with van der Waals surface area (Å²) in [5.74, 6) is 2.64. The first-order valence-corrected chi connectivity index (χ1v) is 6.81. The summed E-state index contributed by atoms with van der Waals surface area (Å²) in [7, 11) is 0. The molecular weight excluding hydrogens is 198 g/mol. The van der Waals surface area contributed by atoms with Crippen molar-refractivity contribution in [3.8, 4) is 0 Å². The van der Waals surface area contributed by atoms with Crippen molar-refractivity contribution in [2.75, 3.05) is 13.1 Å². The number of aliphatic imine (C=N–C) groups is 1. The normalized spacial score (nSPS) is 38.4. The van der Waals surface area contributed by atoms with E-state index in [0.717, 1.165) is 24.3 Å². The lowest BCUT2D eigenvalue weighted by molar-refractivity contribution is 0.192. The average molecular weight is 221 g/mol. The van der Waals surface area contributed by atoms with E-state index in [1.165, 1.54) is 45.1 Å². The molecule has 0 radical (unpaired) electrons. The zero-order chi connectivity index (χ0) is 11.2. The van der Waals surface area contributed by atoms with E-state index in [0.29, 0.717) is 5.54 Å². The molecule has 1 spiro atoms. The van der Waals surface area contributed by atoms with Gasteiger partial charge in [0.1, 0.15) is 0 Å². The molecule has 3 aliphatic rings. The Bertz CT molecular complexity index is 308. The number of hydrogen-bond acceptors (Lipinski definition) is 3. The fourth-order valence-electron chi connectivity index (χ4n) is 3.44. The van der Waals surface area contributed by atoms with Gasteiger partial charge in [0, 0.05) is 6.54 Å². The van der Waals surface area contributed by atoms with Crippen molar-refractivity contribution in [3.63, 3.8) is 0 Å². The molecule has 90 valence electrons. The Morgan fingerprint density at radius 3 is 2.81 bits per heavy atom. The minimum absolute atomic E-state index is 0.327. The van der Waals surface area contributed by atoms with Crippen LogP contribution < -0.4 is 5.73 Å². The van der Waals surface area contributed by atoms with Gasteiger partial charge >= 0.3 is 0 Å². The molecule has 0 aromatic heterocycles. The quantitative estimate of drug-likeness (QED) is 0.791. The lowest BCUT2D eigenvalue weighted by Crippen LogP contribution is -2.50. The van der Waals surface area contributed by atoms with Crippen LogP contribution in [0.1, 0.15) is 45.4 Å². The summed E-state index contributed by atoms with van der Waals surface area (Å²) in [5.41, 5.74) is 6.40. The topological polar surface area (TPSA) is 41.6 Å². The van der Waals surface area contributed by atoms with Crippen LogP contribution in [0.4, 0.5) is 0 Å². The molecule has 2 N–H and O–H groups in total. The van der Waals surface area contributed by atoms with Crippen molar-refractivity contribution >= 4 is 5.96 Å². The van der Waals surface area contributed by atoms with Crippen LogP contribution in [0.5, 0.6) is 0 Å². The Hall–Kier alpha value is -0.730. The monoisotopic (exact) mass is 221 g/mol. The third-order valence-corrected chi connectivity index (χ3v) is 4.79. The number of guanidine groups is 1. The summed E-state index contributed by atoms with van der Waals surface area (Å²) in [4.78, 5) is 6.98. The maximum atomic E-state index is 6.07. The molecule has 0 saturated heterocycles. The average Bonchev–Trinajstić information content (AvgIpc) is 2.95. The Labute approximate surface area is 98.1 Å². The Morgan fingerprint density at radius 2 is 2.19 bits per heavy atom. The second-order valence-corrected chi connectivity index (χ2v) is 5.97. The lowest BCUT2D eigenvalue weighted by Gasteiger charge is -2.36. The molecule has 16 heavy (non-hydrogen) atoms. The van der Waals surface area contributed by atoms with Crippen molar-refractivity contribution in [2.24, 2.45) is 22.6 Å². The largest absolute Gasteiger partial charge is 0.370 e. The first kappa shape index (κ1) is 10.4. The molecule has 1 heterocycles. The molecule has 1 aliphatic heterocycles. The van der Waals surface area contributed by atoms with Gasteiger partial charge in [-0.3, -0.25) is 4.99 Å². The molecule has 2 unspecified atom stereocenters. The van der Waals surface area contributed by atoms with E-state index >= 15 is 0 Å². The highest BCUT2D eigenvalue weighted by molar-refractivity contribution is 5.81. The van der Waals surface area contributed by atoms with Gasteiger partial charge in [-0.2, -0.15) is 0 Å². The van der Waals surface area contributed by atoms with E-state index in [-0.39, 0.29) is 0 Å². The number of nitrogens with two attached hydrogens (primary N) is 1. The molecule has 0 amide bonds. The van der Waals surface area contributed by atoms with E-state index in [1.807, 2.05) is 0 Å². The minimum Gasteiger partial charge on any atom is -0.370 e. The van der Waals surface area contributed by atoms with Gasteiger partial charge < -0.3 is 10.6 Å². The first-order chi connectivity index (χ1) is 7.73. The summed E-state index contributed by atoms with van der Waals surface area (Å²) >= 11 is 0. The summed E-state index contributed by atoms with van der Waals surface area (Å²) in [6, 6.07) is 0. The van der Waals surface area contributed by atoms with Gasteiger partial charge in [-0.25, -0.2) is 0 Å². The van der Waals surface area contributed by atoms with Crippen molar-refractivity contribution < 1.29 is 0 Å². The number of rotatable bonds is 3. The number of hydrogen-bond donors (Lipinski definition) is 1. The highest BCUT2D eigenvalue weighted by Crippen LogP contribution is 2.44. The molecule has 3 heteroatoms. The first-order valence-electron chi connectivity index (χ1n) is 6.81. The summed E-state index contributed by atoms with van der Waals surface area (Å²) < 4.78 is 0. The van der Waals surface area contributed by atoms with Gasteiger partial charge in [0.2, 0.25) is 0 Å². The molecule has 0 bridgehead atoms. The van der Waals surface area contributed by atoms with Crippen LogP contribution in [-0.2, 0) is 0 Å². The van der Waals surface area contributed by atoms with E-state index in [9.17, 15) is 0 Å². The second kappa shape index (κ2) is 3.64. The Balaban J connectivity index is 1.74. The molecule has 0 aromatic rings. The molecule has 2 aliphatic carbocycles. The SMILES string of the molecule is CCC1CCC2(CN=C(N)N2CC2CC2)C1. The predicted octanol–water partition coefficient (Wildman–Crippen LogP) is 1.98. The van der Waals surface area contributed by atoms with Gasteiger partial charge in [-0.1, -0.05) is 13.3 Å². The van der Waals surface area contributed by atoms with Crippen LogP contribution in [0.2, 0.25) is 0 Å². The van der Waals surface area contributed by atoms with Crippen LogP contribution in [0, 0.1) is 11.8 Å². The zero-order valence-corrected chi connectivity index (χ0v) is 10.3. The van der Waals surface area contributed by atoms with Crippen LogP contribution in [-0.4, -0.2) is 29.5 Å². The van der Waals surface area contributed by atoms with Gasteiger partial charge in [0.15, 0.2) is 5.96 Å². The van der Waals surface area contributed by atoms with Gasteiger partial charge in [0.25, 0.3) is 0 Å². The third kappa shape index (κ3) is 1.61. The Morgan fingerprint density at radius 1 is 1.38 bits per heavy atom. The molecule has 0 aromatic carbocycles. The van der Waals surface area contributed by atoms with E-state index < -0.39 is 0 Å². The maximum absolute atomic E-state index is 6.07. The van der Waals surface area contributed by atoms with Crippen LogP contribution in [0.3, 0.4) is 0 Å². The molecule has 3 rings (SSSR count). The predicted molar refractivity (Wildman–Crippen MR) is 66.3 cm³/mol. The Kier molecular flexibility index (Phi) is 2.37. The second-order valence-electron chi connectivity index (χ2n) is 5.97. The molecular formula is C13H23N3. The highest BCUT2D eigenvalue weighted by Gasteiger charge is 2.48. The maximum Gasteiger partial charge on any atom is 0.191 e. The van der Waals surface area contributed by atoms with E-state index in [1.54, 1.807) is 0 Å². The third-order valence-electron chi connectivity index (χ3n) is 4.79. The number of nitrogens with zero attached hydrogens (tertiary/aromatic N) is 2. The molecule has 3 nitrogen and oxygen atoms in total. The van der Waals surface area contributed by atoms with E-state index in [4.69, 9.17) is 5.73 Å². The minimum atomic E-state index is 0.327. The van der Waals surface area contributed by atoms with Crippen molar-refractivity contribution in [1.82, 2.24) is 4.90 Å². The van der Waals surface area contributed by atoms with Crippen LogP contribution in [0.25, 0.3) is 0 Å². The van der Waals surface area contributed by atoms with Crippen LogP contribution >= 0.6 is 0 Å². The molecule has 2 atom stereocenters. The smallest absolute Gasteiger partial charge is 0.191 e. The standard InChI is InChI=1S/C13H23N3/c1-2-10-5-6-13(7-10)9-15-12(14)16(13)8-11-3-4-11/h10-11H,2-9H2,1H3,(H2,14,15). The van der Waals surface area contributed by atoms with Gasteiger partial charge in [-0.15, -0.1) is 0 Å². The van der Waals surface area contributed by atoms with Gasteiger partial charge in [0.05, 0.1) is 12.1 Å². The summed E-state index contributed by atoms with van der Waals surface area (Å²) in [6.07, 6.45) is 8.12. The van der Waals surface area contributed by atoms with Crippen LogP contribution in [0.15, 0.2) is 4.99 Å².